The van der Waals surface area contributed by atoms with Crippen molar-refractivity contribution in [3.63, 3.8) is 0 Å². The van der Waals surface area contributed by atoms with E-state index in [0.717, 1.165) is 0 Å². The third-order valence-electron chi connectivity index (χ3n) is 2.62. The van der Waals surface area contributed by atoms with Crippen molar-refractivity contribution in [2.24, 2.45) is 0 Å². The molecule has 2 rings (SSSR count). The lowest BCUT2D eigenvalue weighted by molar-refractivity contribution is -0.140. The minimum absolute atomic E-state index is 0.0731. The summed E-state index contributed by atoms with van der Waals surface area (Å²) in [5.41, 5.74) is -1.34. The molecule has 0 aliphatic heterocycles. The zero-order valence-electron chi connectivity index (χ0n) is 11.9. The Hall–Kier alpha value is -2.71. The molecule has 1 heterocycles. The molecule has 0 aliphatic carbocycles. The number of carboxylic acid groups (broad SMARTS) is 1. The number of nitrogens with zero attached hydrogens (tertiary/aromatic N) is 2. The molecule has 1 aromatic carbocycles. The maximum Gasteiger partial charge on any atom is 0.419 e. The number of hydrogen-bond donors (Lipinski definition) is 2. The van der Waals surface area contributed by atoms with Crippen LogP contribution in [-0.2, 0) is 17.5 Å². The van der Waals surface area contributed by atoms with E-state index in [0.29, 0.717) is 17.7 Å². The van der Waals surface area contributed by atoms with Crippen LogP contribution < -0.4 is 5.32 Å². The van der Waals surface area contributed by atoms with Gasteiger partial charge in [0.15, 0.2) is 0 Å². The summed E-state index contributed by atoms with van der Waals surface area (Å²) in [7, 11) is 0. The molecule has 23 heavy (non-hydrogen) atoms. The van der Waals surface area contributed by atoms with Crippen molar-refractivity contribution in [1.82, 2.24) is 9.97 Å². The SMILES string of the molecule is Cc1nccc(NCc2cccc(C(F)(F)F)c2F)n1.O=CO. The van der Waals surface area contributed by atoms with Gasteiger partial charge in [-0.25, -0.2) is 14.4 Å². The fraction of sp³-hybridized carbons (Fsp3) is 0.214. The first-order valence-electron chi connectivity index (χ1n) is 6.25. The standard InChI is InChI=1S/C13H11F4N3.CH2O2/c1-8-18-6-5-11(20-8)19-7-9-3-2-4-10(12(9)14)13(15,16)17;2-1-3/h2-6H,7H2,1H3,(H,18,19,20);1H,(H,2,3). The van der Waals surface area contributed by atoms with Crippen molar-refractivity contribution in [1.29, 1.82) is 0 Å². The molecule has 0 aliphatic rings. The van der Waals surface area contributed by atoms with Crippen LogP contribution in [-0.4, -0.2) is 21.5 Å². The lowest BCUT2D eigenvalue weighted by Gasteiger charge is -2.12. The first-order chi connectivity index (χ1) is 10.8. The molecule has 0 radical (unpaired) electrons. The smallest absolute Gasteiger partial charge is 0.419 e. The average molecular weight is 331 g/mol. The van der Waals surface area contributed by atoms with Crippen molar-refractivity contribution in [2.75, 3.05) is 5.32 Å². The van der Waals surface area contributed by atoms with Crippen molar-refractivity contribution in [2.45, 2.75) is 19.6 Å². The molecule has 0 spiro atoms. The van der Waals surface area contributed by atoms with Gasteiger partial charge < -0.3 is 10.4 Å². The van der Waals surface area contributed by atoms with Gasteiger partial charge in [-0.1, -0.05) is 12.1 Å². The molecule has 0 atom stereocenters. The molecular formula is C14H13F4N3O2. The van der Waals surface area contributed by atoms with E-state index in [9.17, 15) is 17.6 Å². The van der Waals surface area contributed by atoms with E-state index in [1.807, 2.05) is 0 Å². The fourth-order valence-electron chi connectivity index (χ4n) is 1.68. The van der Waals surface area contributed by atoms with Gasteiger partial charge in [-0.2, -0.15) is 13.2 Å². The van der Waals surface area contributed by atoms with Gasteiger partial charge in [-0.15, -0.1) is 0 Å². The number of hydrogen-bond acceptors (Lipinski definition) is 4. The van der Waals surface area contributed by atoms with Crippen molar-refractivity contribution >= 4 is 12.3 Å². The van der Waals surface area contributed by atoms with E-state index in [1.54, 1.807) is 13.0 Å². The molecule has 2 aromatic rings. The number of benzene rings is 1. The minimum Gasteiger partial charge on any atom is -0.483 e. The quantitative estimate of drug-likeness (QED) is 0.667. The number of alkyl halides is 3. The molecule has 2 N–H and O–H groups in total. The predicted octanol–water partition coefficient (Wildman–Crippen LogP) is 3.26. The van der Waals surface area contributed by atoms with Gasteiger partial charge in [0.25, 0.3) is 6.47 Å². The largest absolute Gasteiger partial charge is 0.483 e. The van der Waals surface area contributed by atoms with Gasteiger partial charge in [0.05, 0.1) is 5.56 Å². The average Bonchev–Trinajstić information content (AvgIpc) is 2.46. The van der Waals surface area contributed by atoms with E-state index >= 15 is 0 Å². The monoisotopic (exact) mass is 331 g/mol. The van der Waals surface area contributed by atoms with Crippen LogP contribution in [0.25, 0.3) is 0 Å². The van der Waals surface area contributed by atoms with Gasteiger partial charge >= 0.3 is 6.18 Å². The van der Waals surface area contributed by atoms with E-state index < -0.39 is 17.6 Å². The number of rotatable bonds is 3. The van der Waals surface area contributed by atoms with Gasteiger partial charge in [-0.05, 0) is 19.1 Å². The summed E-state index contributed by atoms with van der Waals surface area (Å²) in [5.74, 6) is -0.327. The number of halogens is 4. The molecule has 1 aromatic heterocycles. The highest BCUT2D eigenvalue weighted by atomic mass is 19.4. The number of aromatic nitrogens is 2. The predicted molar refractivity (Wildman–Crippen MR) is 74.2 cm³/mol. The molecule has 0 bridgehead atoms. The Kier molecular flexibility index (Phi) is 6.43. The number of nitrogens with one attached hydrogen (secondary N) is 1. The van der Waals surface area contributed by atoms with Crippen LogP contribution in [0.5, 0.6) is 0 Å². The Bertz CT molecular complexity index is 663. The highest BCUT2D eigenvalue weighted by Crippen LogP contribution is 2.32. The normalized spacial score (nSPS) is 10.5. The molecule has 5 nitrogen and oxygen atoms in total. The maximum absolute atomic E-state index is 13.8. The van der Waals surface area contributed by atoms with E-state index in [-0.39, 0.29) is 18.6 Å². The maximum atomic E-state index is 13.8. The van der Waals surface area contributed by atoms with Gasteiger partial charge in [0.1, 0.15) is 17.5 Å². The summed E-state index contributed by atoms with van der Waals surface area (Å²) in [4.78, 5) is 16.3. The van der Waals surface area contributed by atoms with E-state index in [1.165, 1.54) is 18.3 Å². The van der Waals surface area contributed by atoms with Gasteiger partial charge in [0.2, 0.25) is 0 Å². The van der Waals surface area contributed by atoms with Crippen LogP contribution in [0, 0.1) is 12.7 Å². The second-order valence-corrected chi connectivity index (χ2v) is 4.22. The van der Waals surface area contributed by atoms with Crippen LogP contribution >= 0.6 is 0 Å². The zero-order valence-corrected chi connectivity index (χ0v) is 11.9. The Balaban J connectivity index is 0.000000816. The molecule has 9 heteroatoms. The van der Waals surface area contributed by atoms with Crippen molar-refractivity contribution < 1.29 is 27.5 Å². The number of anilines is 1. The van der Waals surface area contributed by atoms with Crippen LogP contribution in [0.4, 0.5) is 23.4 Å². The lowest BCUT2D eigenvalue weighted by atomic mass is 10.1. The third kappa shape index (κ3) is 5.53. The summed E-state index contributed by atoms with van der Waals surface area (Å²) in [6.45, 7) is 1.34. The number of carbonyl (C=O) groups is 1. The van der Waals surface area contributed by atoms with Gasteiger partial charge in [-0.3, -0.25) is 4.79 Å². The van der Waals surface area contributed by atoms with E-state index in [4.69, 9.17) is 9.90 Å². The highest BCUT2D eigenvalue weighted by molar-refractivity contribution is 5.36. The Morgan fingerprint density at radius 3 is 2.52 bits per heavy atom. The molecule has 0 saturated carbocycles. The Morgan fingerprint density at radius 2 is 1.96 bits per heavy atom. The fourth-order valence-corrected chi connectivity index (χ4v) is 1.68. The first-order valence-corrected chi connectivity index (χ1v) is 6.25. The number of aryl methyl sites for hydroxylation is 1. The second kappa shape index (κ2) is 8.06. The van der Waals surface area contributed by atoms with Gasteiger partial charge in [0, 0.05) is 18.3 Å². The Morgan fingerprint density at radius 1 is 1.30 bits per heavy atom. The van der Waals surface area contributed by atoms with Crippen LogP contribution in [0.15, 0.2) is 30.5 Å². The lowest BCUT2D eigenvalue weighted by Crippen LogP contribution is -2.12. The molecular weight excluding hydrogens is 318 g/mol. The van der Waals surface area contributed by atoms with E-state index in [2.05, 4.69) is 15.3 Å². The molecule has 0 saturated heterocycles. The van der Waals surface area contributed by atoms with Crippen LogP contribution in [0.1, 0.15) is 17.0 Å². The Labute approximate surface area is 129 Å². The topological polar surface area (TPSA) is 75.1 Å². The minimum atomic E-state index is -4.70. The third-order valence-corrected chi connectivity index (χ3v) is 2.62. The summed E-state index contributed by atoms with van der Waals surface area (Å²) < 4.78 is 51.4. The highest BCUT2D eigenvalue weighted by Gasteiger charge is 2.34. The summed E-state index contributed by atoms with van der Waals surface area (Å²) in [6, 6.07) is 4.74. The summed E-state index contributed by atoms with van der Waals surface area (Å²) >= 11 is 0. The summed E-state index contributed by atoms with van der Waals surface area (Å²) in [6.07, 6.45) is -3.20. The molecule has 124 valence electrons. The first kappa shape index (κ1) is 18.3. The molecule has 0 unspecified atom stereocenters. The molecule has 0 amide bonds. The van der Waals surface area contributed by atoms with Crippen LogP contribution in [0.3, 0.4) is 0 Å². The van der Waals surface area contributed by atoms with Crippen LogP contribution in [0.2, 0.25) is 0 Å². The van der Waals surface area contributed by atoms with Crippen molar-refractivity contribution in [3.8, 4) is 0 Å². The zero-order chi connectivity index (χ0) is 17.5. The summed E-state index contributed by atoms with van der Waals surface area (Å²) in [5, 5.41) is 9.65. The molecule has 0 fully saturated rings. The second-order valence-electron chi connectivity index (χ2n) is 4.22. The van der Waals surface area contributed by atoms with Crippen molar-refractivity contribution in [3.05, 3.63) is 53.2 Å².